The normalized spacial score (nSPS) is 10.7. The molecule has 20 heavy (non-hydrogen) atoms. The Morgan fingerprint density at radius 2 is 1.85 bits per heavy atom. The predicted molar refractivity (Wildman–Crippen MR) is 82.7 cm³/mol. The van der Waals surface area contributed by atoms with E-state index in [4.69, 9.17) is 17.3 Å². The molecule has 100 valence electrons. The van der Waals surface area contributed by atoms with Gasteiger partial charge >= 0.3 is 0 Å². The van der Waals surface area contributed by atoms with Gasteiger partial charge in [-0.3, -0.25) is 0 Å². The van der Waals surface area contributed by atoms with Crippen LogP contribution in [0.2, 0.25) is 5.15 Å². The number of nitrogens with zero attached hydrogens (tertiary/aromatic N) is 2. The third-order valence-electron chi connectivity index (χ3n) is 3.11. The number of fused-ring (bicyclic) bond motifs is 1. The second-order valence-corrected chi connectivity index (χ2v) is 4.82. The topological polar surface area (TPSA) is 63.8 Å². The summed E-state index contributed by atoms with van der Waals surface area (Å²) < 4.78 is 0. The van der Waals surface area contributed by atoms with E-state index in [2.05, 4.69) is 45.6 Å². The Morgan fingerprint density at radius 3 is 2.70 bits per heavy atom. The molecule has 1 aromatic heterocycles. The molecule has 3 N–H and O–H groups in total. The van der Waals surface area contributed by atoms with Crippen molar-refractivity contribution in [3.63, 3.8) is 0 Å². The molecule has 0 atom stereocenters. The Balaban J connectivity index is 1.81. The van der Waals surface area contributed by atoms with Gasteiger partial charge in [0.2, 0.25) is 0 Å². The van der Waals surface area contributed by atoms with Gasteiger partial charge in [0.1, 0.15) is 12.0 Å². The summed E-state index contributed by atoms with van der Waals surface area (Å²) in [6.07, 6.45) is 1.39. The summed E-state index contributed by atoms with van der Waals surface area (Å²) in [5.41, 5.74) is 7.34. The molecule has 0 saturated heterocycles. The summed E-state index contributed by atoms with van der Waals surface area (Å²) in [6.45, 7) is 0.627. The van der Waals surface area contributed by atoms with Crippen molar-refractivity contribution in [2.24, 2.45) is 0 Å². The zero-order chi connectivity index (χ0) is 13.9. The van der Waals surface area contributed by atoms with Crippen molar-refractivity contribution < 1.29 is 0 Å². The number of nitrogens with two attached hydrogens (primary N) is 1. The standard InChI is InChI=1S/C15H13ClN4/c16-14-13(17)15(20-9-19-14)18-8-10-5-6-11-3-1-2-4-12(11)7-10/h1-7,9H,8,17H2,(H,18,19,20). The van der Waals surface area contributed by atoms with Crippen LogP contribution in [0.3, 0.4) is 0 Å². The third-order valence-corrected chi connectivity index (χ3v) is 3.41. The van der Waals surface area contributed by atoms with Crippen LogP contribution in [-0.2, 0) is 6.54 Å². The highest BCUT2D eigenvalue weighted by Gasteiger charge is 2.05. The smallest absolute Gasteiger partial charge is 0.157 e. The molecule has 0 saturated carbocycles. The van der Waals surface area contributed by atoms with E-state index in [1.165, 1.54) is 17.1 Å². The molecular formula is C15H13ClN4. The SMILES string of the molecule is Nc1c(Cl)ncnc1NCc1ccc2ccccc2c1. The van der Waals surface area contributed by atoms with Gasteiger partial charge in [0.05, 0.1) is 0 Å². The number of hydrogen-bond donors (Lipinski definition) is 2. The molecule has 0 aliphatic carbocycles. The lowest BCUT2D eigenvalue weighted by atomic mass is 10.1. The van der Waals surface area contributed by atoms with E-state index in [1.54, 1.807) is 0 Å². The number of rotatable bonds is 3. The first-order chi connectivity index (χ1) is 9.74. The molecule has 0 aliphatic heterocycles. The van der Waals surface area contributed by atoms with Crippen molar-refractivity contribution in [3.8, 4) is 0 Å². The summed E-state index contributed by atoms with van der Waals surface area (Å²) in [7, 11) is 0. The molecule has 0 bridgehead atoms. The van der Waals surface area contributed by atoms with Gasteiger partial charge in [-0.15, -0.1) is 0 Å². The minimum absolute atomic E-state index is 0.265. The van der Waals surface area contributed by atoms with E-state index in [1.807, 2.05) is 12.1 Å². The zero-order valence-corrected chi connectivity index (χ0v) is 11.4. The maximum absolute atomic E-state index is 5.86. The monoisotopic (exact) mass is 284 g/mol. The third kappa shape index (κ3) is 2.51. The fraction of sp³-hybridized carbons (Fsp3) is 0.0667. The molecule has 2 aromatic carbocycles. The highest BCUT2D eigenvalue weighted by atomic mass is 35.5. The molecule has 0 amide bonds. The van der Waals surface area contributed by atoms with Crippen LogP contribution in [0.1, 0.15) is 5.56 Å². The number of aromatic nitrogens is 2. The van der Waals surface area contributed by atoms with Crippen LogP contribution in [0.25, 0.3) is 10.8 Å². The van der Waals surface area contributed by atoms with Crippen LogP contribution in [0.4, 0.5) is 11.5 Å². The van der Waals surface area contributed by atoms with Gasteiger partial charge in [-0.05, 0) is 22.4 Å². The summed E-state index contributed by atoms with van der Waals surface area (Å²) in [4.78, 5) is 7.91. The Kier molecular flexibility index (Phi) is 3.39. The van der Waals surface area contributed by atoms with Crippen molar-refractivity contribution >= 4 is 33.9 Å². The first kappa shape index (κ1) is 12.7. The van der Waals surface area contributed by atoms with Crippen LogP contribution in [0.5, 0.6) is 0 Å². The lowest BCUT2D eigenvalue weighted by Crippen LogP contribution is -2.05. The Hall–Kier alpha value is -2.33. The van der Waals surface area contributed by atoms with Gasteiger partial charge in [0.15, 0.2) is 11.0 Å². The van der Waals surface area contributed by atoms with Gasteiger partial charge in [-0.2, -0.15) is 0 Å². The zero-order valence-electron chi connectivity index (χ0n) is 10.7. The maximum atomic E-state index is 5.86. The molecule has 0 radical (unpaired) electrons. The largest absolute Gasteiger partial charge is 0.393 e. The lowest BCUT2D eigenvalue weighted by Gasteiger charge is -2.09. The average molecular weight is 285 g/mol. The van der Waals surface area contributed by atoms with Gasteiger partial charge in [0.25, 0.3) is 0 Å². The van der Waals surface area contributed by atoms with E-state index < -0.39 is 0 Å². The van der Waals surface area contributed by atoms with Crippen molar-refractivity contribution in [1.82, 2.24) is 9.97 Å². The van der Waals surface area contributed by atoms with E-state index >= 15 is 0 Å². The predicted octanol–water partition coefficient (Wildman–Crippen LogP) is 3.48. The molecule has 1 heterocycles. The van der Waals surface area contributed by atoms with Crippen molar-refractivity contribution in [3.05, 3.63) is 59.5 Å². The maximum Gasteiger partial charge on any atom is 0.157 e. The summed E-state index contributed by atoms with van der Waals surface area (Å²) >= 11 is 5.86. The fourth-order valence-electron chi connectivity index (χ4n) is 2.05. The molecule has 0 spiro atoms. The molecule has 5 heteroatoms. The summed E-state index contributed by atoms with van der Waals surface area (Å²) in [5, 5.41) is 5.87. The van der Waals surface area contributed by atoms with Crippen LogP contribution in [-0.4, -0.2) is 9.97 Å². The second-order valence-electron chi connectivity index (χ2n) is 4.46. The van der Waals surface area contributed by atoms with E-state index in [-0.39, 0.29) is 5.15 Å². The van der Waals surface area contributed by atoms with Crippen LogP contribution >= 0.6 is 11.6 Å². The Bertz CT molecular complexity index is 758. The summed E-state index contributed by atoms with van der Waals surface area (Å²) in [6, 6.07) is 14.6. The minimum Gasteiger partial charge on any atom is -0.393 e. The number of halogens is 1. The number of hydrogen-bond acceptors (Lipinski definition) is 4. The quantitative estimate of drug-likeness (QED) is 0.723. The van der Waals surface area contributed by atoms with Gasteiger partial charge in [0, 0.05) is 6.54 Å². The minimum atomic E-state index is 0.265. The molecular weight excluding hydrogens is 272 g/mol. The Labute approximate surface area is 121 Å². The van der Waals surface area contributed by atoms with Crippen molar-refractivity contribution in [2.75, 3.05) is 11.1 Å². The molecule has 0 aliphatic rings. The van der Waals surface area contributed by atoms with Crippen molar-refractivity contribution in [1.29, 1.82) is 0 Å². The van der Waals surface area contributed by atoms with Crippen LogP contribution in [0.15, 0.2) is 48.8 Å². The fourth-order valence-corrected chi connectivity index (χ4v) is 2.18. The average Bonchev–Trinajstić information content (AvgIpc) is 2.48. The Morgan fingerprint density at radius 1 is 1.05 bits per heavy atom. The van der Waals surface area contributed by atoms with E-state index in [9.17, 15) is 0 Å². The number of nitrogen functional groups attached to an aromatic ring is 1. The molecule has 3 aromatic rings. The number of anilines is 2. The van der Waals surface area contributed by atoms with Gasteiger partial charge < -0.3 is 11.1 Å². The van der Waals surface area contributed by atoms with Crippen molar-refractivity contribution in [2.45, 2.75) is 6.54 Å². The van der Waals surface area contributed by atoms with Crippen LogP contribution < -0.4 is 11.1 Å². The lowest BCUT2D eigenvalue weighted by molar-refractivity contribution is 1.09. The number of benzene rings is 2. The first-order valence-corrected chi connectivity index (χ1v) is 6.59. The molecule has 0 fully saturated rings. The van der Waals surface area contributed by atoms with E-state index in [0.717, 1.165) is 5.56 Å². The highest BCUT2D eigenvalue weighted by molar-refractivity contribution is 6.32. The van der Waals surface area contributed by atoms with Gasteiger partial charge in [-0.1, -0.05) is 48.0 Å². The molecule has 0 unspecified atom stereocenters. The van der Waals surface area contributed by atoms with Gasteiger partial charge in [-0.25, -0.2) is 9.97 Å². The van der Waals surface area contributed by atoms with Crippen LogP contribution in [0, 0.1) is 0 Å². The molecule has 4 nitrogen and oxygen atoms in total. The second kappa shape index (κ2) is 5.35. The highest BCUT2D eigenvalue weighted by Crippen LogP contribution is 2.23. The first-order valence-electron chi connectivity index (χ1n) is 6.21. The molecule has 3 rings (SSSR count). The summed E-state index contributed by atoms with van der Waals surface area (Å²) in [5.74, 6) is 0.554. The van der Waals surface area contributed by atoms with E-state index in [0.29, 0.717) is 18.1 Å². The number of nitrogens with one attached hydrogen (secondary N) is 1.